The number of rotatable bonds is 9. The first-order chi connectivity index (χ1) is 14.0. The van der Waals surface area contributed by atoms with Crippen LogP contribution in [0.15, 0.2) is 42.5 Å². The zero-order valence-electron chi connectivity index (χ0n) is 17.7. The highest BCUT2D eigenvalue weighted by atomic mass is 32.1. The number of fused-ring (bicyclic) bond motifs is 1. The molecular weight excluding hydrogens is 382 g/mol. The summed E-state index contributed by atoms with van der Waals surface area (Å²) >= 11 is 1.58. The van der Waals surface area contributed by atoms with Gasteiger partial charge in [-0.2, -0.15) is 0 Å². The second kappa shape index (κ2) is 9.85. The van der Waals surface area contributed by atoms with Gasteiger partial charge < -0.3 is 9.64 Å². The Morgan fingerprint density at radius 3 is 2.48 bits per heavy atom. The van der Waals surface area contributed by atoms with Crippen molar-refractivity contribution in [1.29, 1.82) is 0 Å². The van der Waals surface area contributed by atoms with Crippen LogP contribution in [-0.2, 0) is 0 Å². The number of nitrogens with one attached hydrogen (secondary N) is 1. The van der Waals surface area contributed by atoms with E-state index < -0.39 is 0 Å². The summed E-state index contributed by atoms with van der Waals surface area (Å²) in [4.78, 5) is 21.5. The standard InChI is InChI=1S/C23H29N3O2S/c1-5-25(6-2)14-15-26(22(27)18-9-11-19(12-10-18)28-7-3)23-24-20-13-8-17(4)16-21(20)29-23/h8-13,16H,5-7,14-15H2,1-4H3/p+1. The first-order valence-corrected chi connectivity index (χ1v) is 11.1. The van der Waals surface area contributed by atoms with Crippen molar-refractivity contribution in [3.63, 3.8) is 0 Å². The molecule has 29 heavy (non-hydrogen) atoms. The van der Waals surface area contributed by atoms with Gasteiger partial charge in [-0.1, -0.05) is 17.4 Å². The molecule has 1 heterocycles. The van der Waals surface area contributed by atoms with Gasteiger partial charge >= 0.3 is 0 Å². The van der Waals surface area contributed by atoms with E-state index in [0.29, 0.717) is 18.7 Å². The molecule has 0 saturated carbocycles. The van der Waals surface area contributed by atoms with Crippen molar-refractivity contribution in [2.75, 3.05) is 37.7 Å². The summed E-state index contributed by atoms with van der Waals surface area (Å²) in [6.45, 7) is 12.6. The number of amides is 1. The molecule has 1 N–H and O–H groups in total. The minimum atomic E-state index is -0.0182. The maximum Gasteiger partial charge on any atom is 0.260 e. The lowest BCUT2D eigenvalue weighted by Crippen LogP contribution is -3.12. The average molecular weight is 413 g/mol. The van der Waals surface area contributed by atoms with Crippen LogP contribution in [0, 0.1) is 6.92 Å². The molecular formula is C23H30N3O2S+. The lowest BCUT2D eigenvalue weighted by atomic mass is 10.2. The summed E-state index contributed by atoms with van der Waals surface area (Å²) in [7, 11) is 0. The van der Waals surface area contributed by atoms with Gasteiger partial charge in [0.2, 0.25) is 0 Å². The van der Waals surface area contributed by atoms with Crippen molar-refractivity contribution >= 4 is 32.6 Å². The van der Waals surface area contributed by atoms with Crippen molar-refractivity contribution in [3.8, 4) is 5.75 Å². The number of quaternary nitrogens is 1. The Morgan fingerprint density at radius 1 is 1.10 bits per heavy atom. The highest BCUT2D eigenvalue weighted by Crippen LogP contribution is 2.30. The predicted octanol–water partition coefficient (Wildman–Crippen LogP) is 3.57. The summed E-state index contributed by atoms with van der Waals surface area (Å²) < 4.78 is 6.62. The molecule has 3 aromatic rings. The number of carbonyl (C=O) groups excluding carboxylic acids is 1. The number of ether oxygens (including phenoxy) is 1. The van der Waals surface area contributed by atoms with Gasteiger partial charge in [-0.15, -0.1) is 0 Å². The summed E-state index contributed by atoms with van der Waals surface area (Å²) in [5.74, 6) is 0.758. The van der Waals surface area contributed by atoms with Crippen LogP contribution in [0.2, 0.25) is 0 Å². The van der Waals surface area contributed by atoms with Gasteiger partial charge in [-0.3, -0.25) is 9.69 Å². The fourth-order valence-electron chi connectivity index (χ4n) is 3.31. The van der Waals surface area contributed by atoms with Crippen molar-refractivity contribution in [2.45, 2.75) is 27.7 Å². The number of hydrogen-bond donors (Lipinski definition) is 1. The van der Waals surface area contributed by atoms with Gasteiger partial charge in [-0.05, 0) is 69.7 Å². The number of thiazole rings is 1. The van der Waals surface area contributed by atoms with Gasteiger partial charge in [0.1, 0.15) is 5.75 Å². The topological polar surface area (TPSA) is 46.9 Å². The second-order valence-corrected chi connectivity index (χ2v) is 8.10. The molecule has 0 fully saturated rings. The maximum atomic E-state index is 13.4. The van der Waals surface area contributed by atoms with Crippen LogP contribution in [0.3, 0.4) is 0 Å². The number of nitrogens with zero attached hydrogens (tertiary/aromatic N) is 2. The lowest BCUT2D eigenvalue weighted by Gasteiger charge is -2.23. The van der Waals surface area contributed by atoms with Gasteiger partial charge in [0.15, 0.2) is 5.13 Å². The third kappa shape index (κ3) is 5.14. The third-order valence-corrected chi connectivity index (χ3v) is 6.15. The van der Waals surface area contributed by atoms with Crippen LogP contribution in [0.1, 0.15) is 36.7 Å². The summed E-state index contributed by atoms with van der Waals surface area (Å²) in [6.07, 6.45) is 0. The van der Waals surface area contributed by atoms with Crippen LogP contribution in [0.5, 0.6) is 5.75 Å². The van der Waals surface area contributed by atoms with E-state index in [0.717, 1.165) is 40.7 Å². The Kier molecular flexibility index (Phi) is 7.23. The Bertz CT molecular complexity index is 948. The van der Waals surface area contributed by atoms with Crippen LogP contribution < -0.4 is 14.5 Å². The first kappa shape index (κ1) is 21.3. The zero-order valence-corrected chi connectivity index (χ0v) is 18.5. The van der Waals surface area contributed by atoms with Crippen LogP contribution in [0.25, 0.3) is 10.2 Å². The molecule has 1 amide bonds. The van der Waals surface area contributed by atoms with Gasteiger partial charge in [0.25, 0.3) is 5.91 Å². The SMILES string of the molecule is CCOc1ccc(C(=O)N(CC[NH+](CC)CC)c2nc3ccc(C)cc3s2)cc1. The van der Waals surface area contributed by atoms with Gasteiger partial charge in [0, 0.05) is 5.56 Å². The van der Waals surface area contributed by atoms with E-state index in [9.17, 15) is 4.79 Å². The normalized spacial score (nSPS) is 11.2. The number of carbonyl (C=O) groups is 1. The number of likely N-dealkylation sites (N-methyl/N-ethyl adjacent to an activating group) is 1. The van der Waals surface area contributed by atoms with E-state index in [2.05, 4.69) is 32.9 Å². The van der Waals surface area contributed by atoms with Crippen molar-refractivity contribution < 1.29 is 14.4 Å². The van der Waals surface area contributed by atoms with Crippen molar-refractivity contribution in [2.24, 2.45) is 0 Å². The molecule has 0 aliphatic heterocycles. The number of benzene rings is 2. The Balaban J connectivity index is 1.91. The number of hydrogen-bond acceptors (Lipinski definition) is 4. The molecule has 0 saturated heterocycles. The maximum absolute atomic E-state index is 13.4. The summed E-state index contributed by atoms with van der Waals surface area (Å²) in [5, 5.41) is 0.760. The number of aryl methyl sites for hydroxylation is 1. The molecule has 0 unspecified atom stereocenters. The average Bonchev–Trinajstić information content (AvgIpc) is 3.14. The number of anilines is 1. The molecule has 0 spiro atoms. The molecule has 154 valence electrons. The summed E-state index contributed by atoms with van der Waals surface area (Å²) in [5.41, 5.74) is 2.79. The Hall–Kier alpha value is -2.44. The lowest BCUT2D eigenvalue weighted by molar-refractivity contribution is -0.894. The molecule has 1 aromatic heterocycles. The Labute approximate surface area is 176 Å². The van der Waals surface area contributed by atoms with Crippen LogP contribution in [-0.4, -0.2) is 43.7 Å². The van der Waals surface area contributed by atoms with Crippen LogP contribution >= 0.6 is 11.3 Å². The van der Waals surface area contributed by atoms with E-state index in [4.69, 9.17) is 9.72 Å². The molecule has 0 radical (unpaired) electrons. The quantitative estimate of drug-likeness (QED) is 0.584. The predicted molar refractivity (Wildman–Crippen MR) is 121 cm³/mol. The molecule has 0 aliphatic carbocycles. The Morgan fingerprint density at radius 2 is 1.83 bits per heavy atom. The van der Waals surface area contributed by atoms with Crippen LogP contribution in [0.4, 0.5) is 5.13 Å². The van der Waals surface area contributed by atoms with E-state index in [1.165, 1.54) is 10.5 Å². The molecule has 3 rings (SSSR count). The largest absolute Gasteiger partial charge is 0.494 e. The molecule has 6 heteroatoms. The van der Waals surface area contributed by atoms with Crippen molar-refractivity contribution in [1.82, 2.24) is 4.98 Å². The highest BCUT2D eigenvalue weighted by molar-refractivity contribution is 7.22. The van der Waals surface area contributed by atoms with Gasteiger partial charge in [0.05, 0.1) is 43.0 Å². The minimum absolute atomic E-state index is 0.0182. The molecule has 0 bridgehead atoms. The molecule has 5 nitrogen and oxygen atoms in total. The number of aromatic nitrogens is 1. The monoisotopic (exact) mass is 412 g/mol. The third-order valence-electron chi connectivity index (χ3n) is 5.11. The van der Waals surface area contributed by atoms with Crippen molar-refractivity contribution in [3.05, 3.63) is 53.6 Å². The minimum Gasteiger partial charge on any atom is -0.494 e. The van der Waals surface area contributed by atoms with E-state index >= 15 is 0 Å². The first-order valence-electron chi connectivity index (χ1n) is 10.3. The fourth-order valence-corrected chi connectivity index (χ4v) is 4.40. The fraction of sp³-hybridized carbons (Fsp3) is 0.391. The summed E-state index contributed by atoms with van der Waals surface area (Å²) in [6, 6.07) is 13.6. The zero-order chi connectivity index (χ0) is 20.8. The molecule has 0 aliphatic rings. The van der Waals surface area contributed by atoms with E-state index in [1.807, 2.05) is 42.2 Å². The van der Waals surface area contributed by atoms with E-state index in [1.54, 1.807) is 11.3 Å². The molecule has 2 aromatic carbocycles. The highest BCUT2D eigenvalue weighted by Gasteiger charge is 2.23. The second-order valence-electron chi connectivity index (χ2n) is 7.09. The van der Waals surface area contributed by atoms with E-state index in [-0.39, 0.29) is 5.91 Å². The smallest absolute Gasteiger partial charge is 0.260 e. The molecule has 0 atom stereocenters. The van der Waals surface area contributed by atoms with Gasteiger partial charge in [-0.25, -0.2) is 4.98 Å².